The summed E-state index contributed by atoms with van der Waals surface area (Å²) >= 11 is 0. The number of hydrogen-bond acceptors (Lipinski definition) is 8. The number of nitrogens with zero attached hydrogens (tertiary/aromatic N) is 3. The molecule has 3 rings (SSSR count). The summed E-state index contributed by atoms with van der Waals surface area (Å²) in [4.78, 5) is 40.2. The molecule has 0 aromatic heterocycles. The lowest BCUT2D eigenvalue weighted by atomic mass is 9.94. The molecular formula is C24H27N3O7. The molecule has 10 heteroatoms. The number of nitro groups is 1. The second-order valence-corrected chi connectivity index (χ2v) is 7.76. The molecule has 0 spiro atoms. The first-order valence-corrected chi connectivity index (χ1v) is 10.9. The van der Waals surface area contributed by atoms with Crippen molar-refractivity contribution in [2.75, 3.05) is 33.3 Å². The monoisotopic (exact) mass is 469 g/mol. The Kier molecular flexibility index (Phi) is 7.52. The van der Waals surface area contributed by atoms with Crippen molar-refractivity contribution in [1.82, 2.24) is 9.80 Å². The van der Waals surface area contributed by atoms with Gasteiger partial charge < -0.3 is 24.7 Å². The van der Waals surface area contributed by atoms with Crippen LogP contribution in [0.4, 0.5) is 5.69 Å². The minimum Gasteiger partial charge on any atom is -0.507 e. The standard InChI is InChI=1S/C24H27N3O7/c1-4-25(5-2)11-12-26-21(15-9-10-19(28)18(14-15)27(32)33)20(23(30)24(26)31)22(29)16-7-6-8-17(13-16)34-3/h6-10,13-14,21,28-29H,4-5,11-12H2,1-3H3/b22-20-. The van der Waals surface area contributed by atoms with Crippen molar-refractivity contribution < 1.29 is 29.5 Å². The maximum absolute atomic E-state index is 13.1. The van der Waals surface area contributed by atoms with Crippen LogP contribution in [0.25, 0.3) is 5.76 Å². The molecule has 1 fully saturated rings. The normalized spacial score (nSPS) is 17.4. The number of amides is 1. The number of phenolic OH excluding ortho intramolecular Hbond substituents is 1. The average molecular weight is 469 g/mol. The Morgan fingerprint density at radius 1 is 1.18 bits per heavy atom. The molecule has 1 atom stereocenters. The number of Topliss-reactive ketones (excluding diaryl/α,β-unsaturated/α-hetero) is 1. The van der Waals surface area contributed by atoms with Gasteiger partial charge in [0.2, 0.25) is 0 Å². The van der Waals surface area contributed by atoms with Crippen LogP contribution in [0.5, 0.6) is 11.5 Å². The smallest absolute Gasteiger partial charge is 0.311 e. The number of nitro benzene ring substituents is 1. The van der Waals surface area contributed by atoms with Crippen molar-refractivity contribution in [1.29, 1.82) is 0 Å². The third-order valence-electron chi connectivity index (χ3n) is 5.95. The molecule has 2 aromatic carbocycles. The highest BCUT2D eigenvalue weighted by atomic mass is 16.6. The van der Waals surface area contributed by atoms with Gasteiger partial charge in [-0.1, -0.05) is 32.0 Å². The molecule has 1 aliphatic rings. The summed E-state index contributed by atoms with van der Waals surface area (Å²) in [5.74, 6) is -2.21. The number of aliphatic hydroxyl groups is 1. The van der Waals surface area contributed by atoms with Crippen molar-refractivity contribution in [3.63, 3.8) is 0 Å². The Hall–Kier alpha value is -3.92. The van der Waals surface area contributed by atoms with Crippen LogP contribution < -0.4 is 4.74 Å². The fraction of sp³-hybridized carbons (Fsp3) is 0.333. The van der Waals surface area contributed by atoms with Crippen LogP contribution in [0.2, 0.25) is 0 Å². The highest BCUT2D eigenvalue weighted by Gasteiger charge is 2.46. The average Bonchev–Trinajstić information content (AvgIpc) is 3.09. The van der Waals surface area contributed by atoms with Gasteiger partial charge in [-0.25, -0.2) is 0 Å². The molecule has 0 bridgehead atoms. The van der Waals surface area contributed by atoms with E-state index in [9.17, 15) is 29.9 Å². The highest BCUT2D eigenvalue weighted by Crippen LogP contribution is 2.41. The predicted molar refractivity (Wildman–Crippen MR) is 125 cm³/mol. The number of carbonyl (C=O) groups is 2. The molecule has 34 heavy (non-hydrogen) atoms. The van der Waals surface area contributed by atoms with E-state index < -0.39 is 39.9 Å². The van der Waals surface area contributed by atoms with E-state index in [0.717, 1.165) is 25.2 Å². The Bertz CT molecular complexity index is 1140. The molecule has 2 aromatic rings. The van der Waals surface area contributed by atoms with Gasteiger partial charge in [0.05, 0.1) is 23.6 Å². The number of methoxy groups -OCH3 is 1. The number of likely N-dealkylation sites (tertiary alicyclic amines) is 1. The molecule has 1 unspecified atom stereocenters. The van der Waals surface area contributed by atoms with Gasteiger partial charge in [-0.3, -0.25) is 19.7 Å². The van der Waals surface area contributed by atoms with Crippen LogP contribution in [0.1, 0.15) is 31.0 Å². The summed E-state index contributed by atoms with van der Waals surface area (Å²) in [5, 5.41) is 32.4. The largest absolute Gasteiger partial charge is 0.507 e. The second kappa shape index (κ2) is 10.3. The Morgan fingerprint density at radius 2 is 1.88 bits per heavy atom. The van der Waals surface area contributed by atoms with Crippen molar-refractivity contribution >= 4 is 23.1 Å². The third-order valence-corrected chi connectivity index (χ3v) is 5.95. The number of aromatic hydroxyl groups is 1. The molecule has 1 amide bonds. The van der Waals surface area contributed by atoms with E-state index in [1.165, 1.54) is 24.1 Å². The number of carbonyl (C=O) groups excluding carboxylic acids is 2. The summed E-state index contributed by atoms with van der Waals surface area (Å²) in [6.07, 6.45) is 0. The molecule has 2 N–H and O–H groups in total. The fourth-order valence-electron chi connectivity index (χ4n) is 4.03. The minimum absolute atomic E-state index is 0.167. The number of hydrogen-bond donors (Lipinski definition) is 2. The van der Waals surface area contributed by atoms with Crippen molar-refractivity contribution in [3.8, 4) is 11.5 Å². The van der Waals surface area contributed by atoms with Gasteiger partial charge in [0.25, 0.3) is 11.7 Å². The van der Waals surface area contributed by atoms with Gasteiger partial charge in [-0.2, -0.15) is 0 Å². The van der Waals surface area contributed by atoms with E-state index in [2.05, 4.69) is 4.90 Å². The molecule has 180 valence electrons. The third kappa shape index (κ3) is 4.72. The first-order valence-electron chi connectivity index (χ1n) is 10.9. The van der Waals surface area contributed by atoms with Crippen LogP contribution in [0, 0.1) is 10.1 Å². The van der Waals surface area contributed by atoms with Gasteiger partial charge in [0.15, 0.2) is 5.75 Å². The molecule has 0 aliphatic carbocycles. The number of rotatable bonds is 9. The summed E-state index contributed by atoms with van der Waals surface area (Å²) in [5.41, 5.74) is -0.252. The van der Waals surface area contributed by atoms with E-state index in [1.807, 2.05) is 13.8 Å². The first kappa shape index (κ1) is 24.7. The number of benzene rings is 2. The SMILES string of the molecule is CCN(CC)CCN1C(=O)C(=O)/C(=C(\O)c2cccc(OC)c2)C1c1ccc(O)c([N+](=O)[O-])c1. The van der Waals surface area contributed by atoms with Crippen molar-refractivity contribution in [2.24, 2.45) is 0 Å². The zero-order chi connectivity index (χ0) is 25.0. The Labute approximate surface area is 196 Å². The van der Waals surface area contributed by atoms with E-state index in [0.29, 0.717) is 12.3 Å². The van der Waals surface area contributed by atoms with E-state index in [1.54, 1.807) is 18.2 Å². The summed E-state index contributed by atoms with van der Waals surface area (Å²) in [6.45, 7) is 6.05. The van der Waals surface area contributed by atoms with Gasteiger partial charge >= 0.3 is 5.69 Å². The van der Waals surface area contributed by atoms with Crippen LogP contribution in [-0.4, -0.2) is 69.9 Å². The molecule has 10 nitrogen and oxygen atoms in total. The van der Waals surface area contributed by atoms with E-state index in [4.69, 9.17) is 4.74 Å². The van der Waals surface area contributed by atoms with Crippen LogP contribution in [0.3, 0.4) is 0 Å². The number of phenols is 1. The van der Waals surface area contributed by atoms with Crippen LogP contribution in [0.15, 0.2) is 48.0 Å². The molecule has 1 saturated heterocycles. The summed E-state index contributed by atoms with van der Waals surface area (Å²) in [6, 6.07) is 8.99. The van der Waals surface area contributed by atoms with Gasteiger partial charge in [0, 0.05) is 24.7 Å². The maximum Gasteiger partial charge on any atom is 0.311 e. The predicted octanol–water partition coefficient (Wildman–Crippen LogP) is 3.07. The molecule has 1 heterocycles. The number of ether oxygens (including phenoxy) is 1. The minimum atomic E-state index is -1.07. The Morgan fingerprint density at radius 3 is 2.50 bits per heavy atom. The van der Waals surface area contributed by atoms with Crippen LogP contribution >= 0.6 is 0 Å². The van der Waals surface area contributed by atoms with Gasteiger partial charge in [-0.05, 0) is 36.9 Å². The number of aliphatic hydroxyl groups excluding tert-OH is 1. The molecular weight excluding hydrogens is 442 g/mol. The lowest BCUT2D eigenvalue weighted by molar-refractivity contribution is -0.385. The molecule has 0 saturated carbocycles. The zero-order valence-corrected chi connectivity index (χ0v) is 19.2. The van der Waals surface area contributed by atoms with E-state index >= 15 is 0 Å². The maximum atomic E-state index is 13.1. The van der Waals surface area contributed by atoms with Gasteiger partial charge in [0.1, 0.15) is 11.5 Å². The molecule has 1 aliphatic heterocycles. The van der Waals surface area contributed by atoms with E-state index in [-0.39, 0.29) is 23.2 Å². The second-order valence-electron chi connectivity index (χ2n) is 7.76. The first-order chi connectivity index (χ1) is 16.2. The van der Waals surface area contributed by atoms with Crippen molar-refractivity contribution in [2.45, 2.75) is 19.9 Å². The Balaban J connectivity index is 2.18. The van der Waals surface area contributed by atoms with Crippen LogP contribution in [-0.2, 0) is 9.59 Å². The zero-order valence-electron chi connectivity index (χ0n) is 19.2. The highest BCUT2D eigenvalue weighted by molar-refractivity contribution is 6.46. The summed E-state index contributed by atoms with van der Waals surface area (Å²) in [7, 11) is 1.46. The van der Waals surface area contributed by atoms with Crippen molar-refractivity contribution in [3.05, 3.63) is 69.3 Å². The lowest BCUT2D eigenvalue weighted by Gasteiger charge is -2.28. The fourth-order valence-corrected chi connectivity index (χ4v) is 4.03. The summed E-state index contributed by atoms with van der Waals surface area (Å²) < 4.78 is 5.19. The number of likely N-dealkylation sites (N-methyl/N-ethyl adjacent to an activating group) is 1. The number of ketones is 1. The quantitative estimate of drug-likeness (QED) is 0.188. The van der Waals surface area contributed by atoms with Gasteiger partial charge in [-0.15, -0.1) is 0 Å². The topological polar surface area (TPSA) is 133 Å². The molecule has 0 radical (unpaired) electrons. The lowest BCUT2D eigenvalue weighted by Crippen LogP contribution is -2.38.